The number of nitrogens with zero attached hydrogens (tertiary/aromatic N) is 4. The van der Waals surface area contributed by atoms with Crippen LogP contribution in [-0.4, -0.2) is 21.2 Å². The van der Waals surface area contributed by atoms with E-state index in [4.69, 9.17) is 9.97 Å². The Morgan fingerprint density at radius 3 is 1.59 bits per heavy atom. The van der Waals surface area contributed by atoms with Crippen LogP contribution in [0.25, 0.3) is 126 Å². The van der Waals surface area contributed by atoms with Crippen LogP contribution in [0, 0.1) is 0 Å². The quantitative estimate of drug-likeness (QED) is 0.130. The fourth-order valence-electron chi connectivity index (χ4n) is 14.8. The maximum atomic E-state index is 5.08. The standard InChI is InChI=1S/C78H57BN4/c1-77(2,3)48-31-34-50(35-32-48)82-66-37-33-49(78(4,5)6)43-63(66)79-64-44-62-57-25-10-8-21-53(57)55-23-12-14-27-59(55)72(62)74-73-67(38-36-60-56-24-9-7-20-52(56)54-22-11-13-26-58(54)71(60)73)83(76(64)74)69-42-47(41-68(82)75(69)79)70-51(46-19-18-39-80-45-46)28-17-29-61(70)65-30-15-16-40-81-65/h7-45H,1-6H3. The molecule has 2 aliphatic heterocycles. The van der Waals surface area contributed by atoms with Gasteiger partial charge >= 0.3 is 0 Å². The predicted molar refractivity (Wildman–Crippen MR) is 354 cm³/mol. The molecule has 12 aromatic carbocycles. The molecule has 83 heavy (non-hydrogen) atoms. The molecule has 0 radical (unpaired) electrons. The molecule has 0 fully saturated rings. The fourth-order valence-corrected chi connectivity index (χ4v) is 14.8. The average Bonchev–Trinajstić information content (AvgIpc) is 1.63. The van der Waals surface area contributed by atoms with Crippen LogP contribution in [0.15, 0.2) is 237 Å². The Labute approximate surface area is 483 Å². The van der Waals surface area contributed by atoms with Crippen LogP contribution in [0.1, 0.15) is 52.7 Å². The predicted octanol–water partition coefficient (Wildman–Crippen LogP) is 18.7. The summed E-state index contributed by atoms with van der Waals surface area (Å²) in [4.78, 5) is 12.4. The minimum absolute atomic E-state index is 0.0212. The summed E-state index contributed by atoms with van der Waals surface area (Å²) in [6, 6.07) is 83.0. The van der Waals surface area contributed by atoms with Gasteiger partial charge in [-0.3, -0.25) is 9.97 Å². The van der Waals surface area contributed by atoms with E-state index in [0.29, 0.717) is 0 Å². The molecule has 2 aliphatic rings. The number of rotatable bonds is 4. The Kier molecular flexibility index (Phi) is 10.0. The largest absolute Gasteiger partial charge is 0.311 e. The second-order valence-electron chi connectivity index (χ2n) is 25.2. The molecule has 0 aliphatic carbocycles. The SMILES string of the molecule is CC(C)(C)c1ccc(N2c3ccc(C(C)(C)C)cc3B3c4c2cc(-c2c(-c5cccnc5)cccc2-c2ccccn2)cc4-n2c4ccc5c6ccccc6c6ccccc6c5c4c4c5c6ccccc6c6ccccc6c5cc3c42)cc1. The Hall–Kier alpha value is -9.84. The van der Waals surface area contributed by atoms with Crippen LogP contribution >= 0.6 is 0 Å². The smallest absolute Gasteiger partial charge is 0.252 e. The number of hydrogen-bond acceptors (Lipinski definition) is 3. The molecule has 0 spiro atoms. The average molecular weight is 1060 g/mol. The van der Waals surface area contributed by atoms with Gasteiger partial charge in [-0.2, -0.15) is 0 Å². The van der Waals surface area contributed by atoms with Gasteiger partial charge in [-0.15, -0.1) is 0 Å². The summed E-state index contributed by atoms with van der Waals surface area (Å²) in [5, 5.41) is 17.9. The zero-order chi connectivity index (χ0) is 55.6. The second kappa shape index (κ2) is 17.3. The van der Waals surface area contributed by atoms with Crippen molar-refractivity contribution in [3.05, 3.63) is 248 Å². The molecule has 3 aromatic heterocycles. The zero-order valence-electron chi connectivity index (χ0n) is 47.4. The number of fused-ring (bicyclic) bond motifs is 21. The van der Waals surface area contributed by atoms with Crippen molar-refractivity contribution < 1.29 is 0 Å². The van der Waals surface area contributed by atoms with E-state index in [0.717, 1.165) is 44.9 Å². The van der Waals surface area contributed by atoms with Crippen molar-refractivity contribution in [3.63, 3.8) is 0 Å². The zero-order valence-corrected chi connectivity index (χ0v) is 47.4. The lowest BCUT2D eigenvalue weighted by Crippen LogP contribution is -2.60. The summed E-state index contributed by atoms with van der Waals surface area (Å²) < 4.78 is 2.71. The summed E-state index contributed by atoms with van der Waals surface area (Å²) in [7, 11) is 0. The summed E-state index contributed by atoms with van der Waals surface area (Å²) in [6.07, 6.45) is 5.78. The highest BCUT2D eigenvalue weighted by atomic mass is 15.2. The van der Waals surface area contributed by atoms with Gasteiger partial charge in [0.05, 0.1) is 16.7 Å². The first-order chi connectivity index (χ1) is 40.5. The van der Waals surface area contributed by atoms with Crippen molar-refractivity contribution >= 4 is 127 Å². The lowest BCUT2D eigenvalue weighted by atomic mass is 9.33. The number of hydrogen-bond donors (Lipinski definition) is 0. The third-order valence-electron chi connectivity index (χ3n) is 18.6. The molecular weight excluding hydrogens is 1000 g/mol. The highest BCUT2D eigenvalue weighted by Gasteiger charge is 2.44. The summed E-state index contributed by atoms with van der Waals surface area (Å²) in [6.45, 7) is 13.8. The number of aromatic nitrogens is 3. The molecular formula is C78H57BN4. The minimum atomic E-state index is -0.141. The maximum Gasteiger partial charge on any atom is 0.252 e. The number of anilines is 3. The van der Waals surface area contributed by atoms with Gasteiger partial charge < -0.3 is 9.47 Å². The van der Waals surface area contributed by atoms with Crippen LogP contribution in [-0.2, 0) is 10.8 Å². The molecule has 392 valence electrons. The van der Waals surface area contributed by atoms with Crippen molar-refractivity contribution in [1.29, 1.82) is 0 Å². The highest BCUT2D eigenvalue weighted by molar-refractivity contribution is 7.00. The van der Waals surface area contributed by atoms with Crippen molar-refractivity contribution in [2.75, 3.05) is 4.90 Å². The molecule has 5 heterocycles. The van der Waals surface area contributed by atoms with Crippen LogP contribution in [0.4, 0.5) is 17.1 Å². The molecule has 17 rings (SSSR count). The lowest BCUT2D eigenvalue weighted by Gasteiger charge is -2.41. The molecule has 0 unspecified atom stereocenters. The van der Waals surface area contributed by atoms with Gasteiger partial charge in [0.1, 0.15) is 0 Å². The summed E-state index contributed by atoms with van der Waals surface area (Å²) in [5.74, 6) is 0. The van der Waals surface area contributed by atoms with Gasteiger partial charge in [0.25, 0.3) is 6.71 Å². The van der Waals surface area contributed by atoms with E-state index < -0.39 is 0 Å². The van der Waals surface area contributed by atoms with Gasteiger partial charge in [0.15, 0.2) is 0 Å². The third-order valence-corrected chi connectivity index (χ3v) is 18.6. The summed E-state index contributed by atoms with van der Waals surface area (Å²) >= 11 is 0. The van der Waals surface area contributed by atoms with Crippen molar-refractivity contribution in [3.8, 4) is 39.2 Å². The van der Waals surface area contributed by atoms with E-state index in [1.165, 1.54) is 125 Å². The Morgan fingerprint density at radius 2 is 0.964 bits per heavy atom. The van der Waals surface area contributed by atoms with Crippen molar-refractivity contribution in [2.45, 2.75) is 52.4 Å². The topological polar surface area (TPSA) is 34.0 Å². The van der Waals surface area contributed by atoms with E-state index in [9.17, 15) is 0 Å². The van der Waals surface area contributed by atoms with Crippen LogP contribution < -0.4 is 21.3 Å². The van der Waals surface area contributed by atoms with Crippen molar-refractivity contribution in [2.24, 2.45) is 0 Å². The fraction of sp³-hybridized carbons (Fsp3) is 0.103. The first-order valence-corrected chi connectivity index (χ1v) is 29.2. The van der Waals surface area contributed by atoms with Gasteiger partial charge in [-0.05, 0) is 163 Å². The lowest BCUT2D eigenvalue weighted by molar-refractivity contribution is 0.590. The van der Waals surface area contributed by atoms with Gasteiger partial charge in [-0.1, -0.05) is 205 Å². The second-order valence-corrected chi connectivity index (χ2v) is 25.2. The van der Waals surface area contributed by atoms with Gasteiger partial charge in [0.2, 0.25) is 0 Å². The van der Waals surface area contributed by atoms with E-state index in [2.05, 4.69) is 257 Å². The minimum Gasteiger partial charge on any atom is -0.311 e. The molecule has 0 atom stereocenters. The third kappa shape index (κ3) is 6.82. The monoisotopic (exact) mass is 1060 g/mol. The van der Waals surface area contributed by atoms with Crippen LogP contribution in [0.5, 0.6) is 0 Å². The van der Waals surface area contributed by atoms with Crippen LogP contribution in [0.2, 0.25) is 0 Å². The normalized spacial score (nSPS) is 13.1. The van der Waals surface area contributed by atoms with E-state index >= 15 is 0 Å². The molecule has 0 saturated carbocycles. The number of benzene rings is 12. The molecule has 5 heteroatoms. The van der Waals surface area contributed by atoms with E-state index in [1.807, 2.05) is 30.7 Å². The first-order valence-electron chi connectivity index (χ1n) is 29.2. The van der Waals surface area contributed by atoms with Gasteiger partial charge in [-0.25, -0.2) is 0 Å². The highest BCUT2D eigenvalue weighted by Crippen LogP contribution is 2.52. The summed E-state index contributed by atoms with van der Waals surface area (Å²) in [5.41, 5.74) is 19.9. The molecule has 0 saturated heterocycles. The Balaban J connectivity index is 1.14. The maximum absolute atomic E-state index is 5.08. The van der Waals surface area contributed by atoms with Crippen molar-refractivity contribution in [1.82, 2.24) is 14.5 Å². The molecule has 0 amide bonds. The molecule has 15 aromatic rings. The van der Waals surface area contributed by atoms with E-state index in [-0.39, 0.29) is 17.5 Å². The number of pyridine rings is 2. The Bertz CT molecular complexity index is 5180. The van der Waals surface area contributed by atoms with Gasteiger partial charge in [0, 0.05) is 74.0 Å². The first kappa shape index (κ1) is 47.9. The molecule has 0 bridgehead atoms. The molecule has 0 N–H and O–H groups in total. The van der Waals surface area contributed by atoms with E-state index in [1.54, 1.807) is 0 Å². The molecule has 4 nitrogen and oxygen atoms in total. The Morgan fingerprint density at radius 1 is 0.386 bits per heavy atom. The van der Waals surface area contributed by atoms with Crippen LogP contribution in [0.3, 0.4) is 0 Å².